The van der Waals surface area contributed by atoms with Crippen LogP contribution < -0.4 is 4.57 Å². The van der Waals surface area contributed by atoms with E-state index in [2.05, 4.69) is 15.7 Å². The van der Waals surface area contributed by atoms with Gasteiger partial charge in [-0.15, -0.1) is 0 Å². The lowest BCUT2D eigenvalue weighted by Crippen LogP contribution is -2.25. The fourth-order valence-corrected chi connectivity index (χ4v) is 0.877. The third-order valence-electron chi connectivity index (χ3n) is 1.50. The molecule has 7 heteroatoms. The zero-order valence-corrected chi connectivity index (χ0v) is 9.67. The first kappa shape index (κ1) is 13.8. The highest BCUT2D eigenvalue weighted by Crippen LogP contribution is 1.89. The van der Waals surface area contributed by atoms with Crippen molar-refractivity contribution in [3.8, 4) is 0 Å². The van der Waals surface area contributed by atoms with Crippen LogP contribution in [0.5, 0.6) is 0 Å². The molecule has 0 aliphatic heterocycles. The molecule has 1 aromatic rings. The summed E-state index contributed by atoms with van der Waals surface area (Å²) in [7, 11) is -3.60. The van der Waals surface area contributed by atoms with Crippen LogP contribution in [0.15, 0.2) is 12.8 Å². The van der Waals surface area contributed by atoms with Crippen molar-refractivity contribution in [2.75, 3.05) is 7.11 Å². The fourth-order valence-electron chi connectivity index (χ4n) is 0.877. The van der Waals surface area contributed by atoms with Gasteiger partial charge in [0.15, 0.2) is 0 Å². The summed E-state index contributed by atoms with van der Waals surface area (Å²) in [6.45, 7) is 7.68. The third-order valence-corrected chi connectivity index (χ3v) is 1.91. The van der Waals surface area contributed by atoms with E-state index < -0.39 is 10.4 Å². The second-order valence-corrected chi connectivity index (χ2v) is 3.84. The molecule has 0 aliphatic rings. The van der Waals surface area contributed by atoms with Crippen molar-refractivity contribution in [3.05, 3.63) is 24.3 Å². The minimum absolute atomic E-state index is 0.808. The summed E-state index contributed by atoms with van der Waals surface area (Å²) in [5.74, 6) is 1.11. The Balaban J connectivity index is 0.000000288. The molecule has 1 N–H and O–H groups in total. The van der Waals surface area contributed by atoms with Gasteiger partial charge >= 0.3 is 0 Å². The molecule has 1 aromatic heterocycles. The second kappa shape index (κ2) is 5.64. The van der Waals surface area contributed by atoms with E-state index in [0.29, 0.717) is 0 Å². The number of nitrogens with zero attached hydrogens (tertiary/aromatic N) is 1. The summed E-state index contributed by atoms with van der Waals surface area (Å²) in [5, 5.41) is 0. The molecule has 1 rings (SSSR count). The van der Waals surface area contributed by atoms with E-state index in [-0.39, 0.29) is 0 Å². The number of imidazole rings is 1. The Morgan fingerprint density at radius 3 is 2.20 bits per heavy atom. The number of hydrogen-bond acceptors (Lipinski definition) is 4. The van der Waals surface area contributed by atoms with Crippen molar-refractivity contribution in [3.63, 3.8) is 0 Å². The Labute approximate surface area is 89.2 Å². The Kier molecular flexibility index (Phi) is 5.20. The summed E-state index contributed by atoms with van der Waals surface area (Å²) in [6.07, 6.45) is 3.78. The fraction of sp³-hybridized carbons (Fsp3) is 0.375. The summed E-state index contributed by atoms with van der Waals surface area (Å²) in [4.78, 5) is 3.15. The Hall–Kier alpha value is -1.18. The topological polar surface area (TPSA) is 86.1 Å². The van der Waals surface area contributed by atoms with Crippen LogP contribution in [0, 0.1) is 13.8 Å². The van der Waals surface area contributed by atoms with Gasteiger partial charge < -0.3 is 4.55 Å². The maximum atomic E-state index is 9.22. The SMILES string of the molecule is C=C[n+]1cc(C)[nH]c1C.COS(=O)(=O)[O-]. The molecule has 86 valence electrons. The summed E-state index contributed by atoms with van der Waals surface area (Å²) >= 11 is 0. The molecule has 0 aliphatic carbocycles. The van der Waals surface area contributed by atoms with Crippen molar-refractivity contribution in [2.45, 2.75) is 13.8 Å². The predicted molar refractivity (Wildman–Crippen MR) is 53.6 cm³/mol. The molecular weight excluding hydrogens is 220 g/mol. The average Bonchev–Trinajstić information content (AvgIpc) is 2.44. The van der Waals surface area contributed by atoms with E-state index >= 15 is 0 Å². The standard InChI is InChI=1S/C7H10N2.CH4O4S/c1-4-9-5-6(2)8-7(9)3;1-5-6(2,3)4/h4-5H,1H2,2-3H3;1H3,(H,2,3,4). The number of aryl methyl sites for hydroxylation is 2. The molecule has 0 fully saturated rings. The zero-order chi connectivity index (χ0) is 12.1. The minimum Gasteiger partial charge on any atom is -0.726 e. The van der Waals surface area contributed by atoms with E-state index in [1.165, 1.54) is 0 Å². The molecule has 0 aromatic carbocycles. The molecule has 0 saturated heterocycles. The Morgan fingerprint density at radius 2 is 2.07 bits per heavy atom. The van der Waals surface area contributed by atoms with E-state index in [4.69, 9.17) is 0 Å². The van der Waals surface area contributed by atoms with Gasteiger partial charge in [0.05, 0.1) is 13.3 Å². The van der Waals surface area contributed by atoms with Crippen LogP contribution >= 0.6 is 0 Å². The highest BCUT2D eigenvalue weighted by atomic mass is 32.3. The highest BCUT2D eigenvalue weighted by molar-refractivity contribution is 7.80. The Morgan fingerprint density at radius 1 is 1.60 bits per heavy atom. The van der Waals surface area contributed by atoms with Crippen LogP contribution in [0.1, 0.15) is 11.5 Å². The smallest absolute Gasteiger partial charge is 0.255 e. The molecule has 0 saturated carbocycles. The molecule has 0 bridgehead atoms. The lowest BCUT2D eigenvalue weighted by Gasteiger charge is -1.98. The first-order chi connectivity index (χ1) is 6.80. The molecule has 0 spiro atoms. The number of hydrogen-bond donors (Lipinski definition) is 1. The van der Waals surface area contributed by atoms with Crippen molar-refractivity contribution < 1.29 is 21.7 Å². The first-order valence-corrected chi connectivity index (χ1v) is 5.35. The molecule has 0 unspecified atom stereocenters. The molecule has 0 radical (unpaired) electrons. The van der Waals surface area contributed by atoms with E-state index in [9.17, 15) is 13.0 Å². The second-order valence-electron chi connectivity index (χ2n) is 2.69. The highest BCUT2D eigenvalue weighted by Gasteiger charge is 2.02. The molecule has 15 heavy (non-hydrogen) atoms. The van der Waals surface area contributed by atoms with Crippen LogP contribution in [0.25, 0.3) is 6.20 Å². The van der Waals surface area contributed by atoms with Crippen LogP contribution in [0.3, 0.4) is 0 Å². The number of nitrogens with one attached hydrogen (secondary N) is 1. The zero-order valence-electron chi connectivity index (χ0n) is 8.85. The van der Waals surface area contributed by atoms with Gasteiger partial charge in [-0.3, -0.25) is 4.18 Å². The van der Waals surface area contributed by atoms with Gasteiger partial charge in [-0.2, -0.15) is 0 Å². The van der Waals surface area contributed by atoms with Crippen LogP contribution in [-0.4, -0.2) is 25.1 Å². The normalized spacial score (nSPS) is 10.4. The van der Waals surface area contributed by atoms with Crippen molar-refractivity contribution in [1.29, 1.82) is 0 Å². The molecule has 0 atom stereocenters. The van der Waals surface area contributed by atoms with Gasteiger partial charge in [-0.1, -0.05) is 6.58 Å². The van der Waals surface area contributed by atoms with Gasteiger partial charge in [0.25, 0.3) is 5.82 Å². The van der Waals surface area contributed by atoms with Gasteiger partial charge in [0.1, 0.15) is 11.9 Å². The van der Waals surface area contributed by atoms with Crippen LogP contribution in [0.4, 0.5) is 0 Å². The predicted octanol–water partition coefficient (Wildman–Crippen LogP) is 0.113. The first-order valence-electron chi connectivity index (χ1n) is 4.01. The quantitative estimate of drug-likeness (QED) is 0.447. The van der Waals surface area contributed by atoms with Crippen LogP contribution in [-0.2, 0) is 14.6 Å². The number of aromatic nitrogens is 2. The minimum atomic E-state index is -4.41. The van der Waals surface area contributed by atoms with E-state index in [1.54, 1.807) is 6.20 Å². The largest absolute Gasteiger partial charge is 0.726 e. The maximum Gasteiger partial charge on any atom is 0.255 e. The molecule has 1 heterocycles. The van der Waals surface area contributed by atoms with Gasteiger partial charge in [0, 0.05) is 13.8 Å². The summed E-state index contributed by atoms with van der Waals surface area (Å²) < 4.78 is 33.0. The van der Waals surface area contributed by atoms with Crippen molar-refractivity contribution >= 4 is 16.6 Å². The molecule has 6 nitrogen and oxygen atoms in total. The summed E-state index contributed by atoms with van der Waals surface area (Å²) in [5.41, 5.74) is 1.16. The lowest BCUT2D eigenvalue weighted by molar-refractivity contribution is -0.573. The summed E-state index contributed by atoms with van der Waals surface area (Å²) in [6, 6.07) is 0. The number of aromatic amines is 1. The molecule has 0 amide bonds. The third kappa shape index (κ3) is 6.00. The number of H-pyrrole nitrogens is 1. The van der Waals surface area contributed by atoms with Crippen LogP contribution in [0.2, 0.25) is 0 Å². The van der Waals surface area contributed by atoms with E-state index in [0.717, 1.165) is 18.6 Å². The van der Waals surface area contributed by atoms with E-state index in [1.807, 2.05) is 24.6 Å². The Bertz CT molecular complexity index is 422. The van der Waals surface area contributed by atoms with Crippen molar-refractivity contribution in [1.82, 2.24) is 4.98 Å². The van der Waals surface area contributed by atoms with Gasteiger partial charge in [0.2, 0.25) is 10.4 Å². The lowest BCUT2D eigenvalue weighted by atomic mass is 10.6. The monoisotopic (exact) mass is 234 g/mol. The van der Waals surface area contributed by atoms with Gasteiger partial charge in [-0.05, 0) is 0 Å². The van der Waals surface area contributed by atoms with Gasteiger partial charge in [-0.25, -0.2) is 18.0 Å². The van der Waals surface area contributed by atoms with Crippen molar-refractivity contribution in [2.24, 2.45) is 0 Å². The average molecular weight is 234 g/mol. The molecular formula is C8H14N2O4S. The number of rotatable bonds is 2. The maximum absolute atomic E-state index is 9.22.